The maximum absolute atomic E-state index is 11.8. The van der Waals surface area contributed by atoms with Crippen molar-refractivity contribution in [1.82, 2.24) is 0 Å². The highest BCUT2D eigenvalue weighted by Crippen LogP contribution is 2.32. The average molecular weight is 301 g/mol. The lowest BCUT2D eigenvalue weighted by Crippen LogP contribution is -2.30. The van der Waals surface area contributed by atoms with Gasteiger partial charge in [0.1, 0.15) is 0 Å². The van der Waals surface area contributed by atoms with Crippen molar-refractivity contribution >= 4 is 27.4 Å². The van der Waals surface area contributed by atoms with Gasteiger partial charge in [-0.3, -0.25) is 9.63 Å². The summed E-state index contributed by atoms with van der Waals surface area (Å²) in [6.07, 6.45) is 0.972. The summed E-state index contributed by atoms with van der Waals surface area (Å²) in [7, 11) is -2.46. The van der Waals surface area contributed by atoms with Crippen LogP contribution in [0.3, 0.4) is 0 Å². The molecule has 0 fully saturated rings. The number of nitrogens with zero attached hydrogens (tertiary/aromatic N) is 1. The Kier molecular flexibility index (Phi) is 4.51. The van der Waals surface area contributed by atoms with Crippen molar-refractivity contribution in [3.63, 3.8) is 0 Å². The number of carboxylic acids is 1. The van der Waals surface area contributed by atoms with Gasteiger partial charge in [0.25, 0.3) is 0 Å². The molecule has 1 rings (SSSR count). The van der Waals surface area contributed by atoms with E-state index in [9.17, 15) is 18.0 Å². The number of sulfone groups is 1. The monoisotopic (exact) mass is 301 g/mol. The van der Waals surface area contributed by atoms with E-state index in [2.05, 4.69) is 0 Å². The summed E-state index contributed by atoms with van der Waals surface area (Å²) in [5.41, 5.74) is -0.0458. The van der Waals surface area contributed by atoms with Crippen LogP contribution in [0.15, 0.2) is 17.0 Å². The zero-order valence-electron chi connectivity index (χ0n) is 11.5. The quantitative estimate of drug-likeness (QED) is 0.833. The van der Waals surface area contributed by atoms with Gasteiger partial charge in [-0.05, 0) is 24.6 Å². The minimum atomic E-state index is -3.65. The highest BCUT2D eigenvalue weighted by Gasteiger charge is 2.26. The van der Waals surface area contributed by atoms with Crippen LogP contribution in [0.2, 0.25) is 0 Å². The summed E-state index contributed by atoms with van der Waals surface area (Å²) in [6.45, 7) is 2.60. The molecule has 0 aromatic heterocycles. The molecule has 1 N–H and O–H groups in total. The first-order valence-corrected chi connectivity index (χ1v) is 7.42. The number of carboxylic acid groups (broad SMARTS) is 1. The molecule has 0 saturated heterocycles. The summed E-state index contributed by atoms with van der Waals surface area (Å²) in [6, 6.07) is 2.33. The van der Waals surface area contributed by atoms with Gasteiger partial charge in [-0.15, -0.1) is 0 Å². The van der Waals surface area contributed by atoms with Crippen molar-refractivity contribution in [3.05, 3.63) is 23.3 Å². The Hall–Kier alpha value is -1.93. The fraction of sp³-hybridized carbons (Fsp3) is 0.333. The fourth-order valence-corrected chi connectivity index (χ4v) is 2.74. The average Bonchev–Trinajstić information content (AvgIpc) is 2.29. The van der Waals surface area contributed by atoms with Crippen LogP contribution in [0.25, 0.3) is 0 Å². The lowest BCUT2D eigenvalue weighted by molar-refractivity contribution is -0.122. The number of carbonyl (C=O) groups excluding carboxylic acids is 1. The summed E-state index contributed by atoms with van der Waals surface area (Å²) in [5.74, 6) is -1.79. The fourth-order valence-electron chi connectivity index (χ4n) is 1.84. The van der Waals surface area contributed by atoms with E-state index in [1.54, 1.807) is 0 Å². The Morgan fingerprint density at radius 2 is 1.85 bits per heavy atom. The third-order valence-electron chi connectivity index (χ3n) is 2.70. The van der Waals surface area contributed by atoms with Crippen molar-refractivity contribution in [1.29, 1.82) is 0 Å². The molecule has 0 atom stereocenters. The largest absolute Gasteiger partial charge is 0.478 e. The van der Waals surface area contributed by atoms with Crippen LogP contribution in [-0.2, 0) is 19.5 Å². The SMILES string of the molecule is CON(C(C)=O)c1c(S(C)(=O)=O)ccc(C(=O)O)c1C. The van der Waals surface area contributed by atoms with Crippen molar-refractivity contribution in [3.8, 4) is 0 Å². The molecule has 0 aliphatic heterocycles. The topological polar surface area (TPSA) is 101 Å². The van der Waals surface area contributed by atoms with Crippen LogP contribution in [0.5, 0.6) is 0 Å². The summed E-state index contributed by atoms with van der Waals surface area (Å²) in [4.78, 5) is 27.4. The second kappa shape index (κ2) is 5.59. The molecular formula is C12H15NO6S. The molecule has 0 aliphatic rings. The van der Waals surface area contributed by atoms with Crippen LogP contribution in [0, 0.1) is 6.92 Å². The number of hydrogen-bond acceptors (Lipinski definition) is 5. The van der Waals surface area contributed by atoms with Gasteiger partial charge in [0.15, 0.2) is 9.84 Å². The van der Waals surface area contributed by atoms with E-state index in [4.69, 9.17) is 9.94 Å². The van der Waals surface area contributed by atoms with Gasteiger partial charge >= 0.3 is 5.97 Å². The Labute approximate surface area is 116 Å². The first-order valence-electron chi connectivity index (χ1n) is 5.53. The smallest absolute Gasteiger partial charge is 0.336 e. The molecule has 0 unspecified atom stereocenters. The van der Waals surface area contributed by atoms with Gasteiger partial charge in [0, 0.05) is 13.2 Å². The predicted octanol–water partition coefficient (Wildman–Crippen LogP) is 1.01. The molecule has 0 aliphatic carbocycles. The van der Waals surface area contributed by atoms with E-state index in [0.717, 1.165) is 17.4 Å². The zero-order valence-corrected chi connectivity index (χ0v) is 12.3. The summed E-state index contributed by atoms with van der Waals surface area (Å²) >= 11 is 0. The van der Waals surface area contributed by atoms with Gasteiger partial charge in [0.05, 0.1) is 23.3 Å². The zero-order chi connectivity index (χ0) is 15.7. The second-order valence-corrected chi connectivity index (χ2v) is 6.14. The number of hydrogen-bond donors (Lipinski definition) is 1. The first-order chi connectivity index (χ1) is 9.11. The van der Waals surface area contributed by atoms with Gasteiger partial charge < -0.3 is 5.11 Å². The van der Waals surface area contributed by atoms with E-state index in [-0.39, 0.29) is 21.7 Å². The third kappa shape index (κ3) is 2.97. The highest BCUT2D eigenvalue weighted by molar-refractivity contribution is 7.90. The second-order valence-electron chi connectivity index (χ2n) is 4.16. The van der Waals surface area contributed by atoms with Crippen molar-refractivity contribution in [2.24, 2.45) is 0 Å². The van der Waals surface area contributed by atoms with E-state index in [0.29, 0.717) is 0 Å². The number of hydroxylamine groups is 1. The highest BCUT2D eigenvalue weighted by atomic mass is 32.2. The normalized spacial score (nSPS) is 11.2. The molecule has 0 radical (unpaired) electrons. The lowest BCUT2D eigenvalue weighted by Gasteiger charge is -2.23. The predicted molar refractivity (Wildman–Crippen MR) is 71.4 cm³/mol. The molecule has 1 amide bonds. The number of carbonyl (C=O) groups is 2. The van der Waals surface area contributed by atoms with Crippen LogP contribution >= 0.6 is 0 Å². The third-order valence-corrected chi connectivity index (χ3v) is 3.82. The molecule has 1 aromatic carbocycles. The van der Waals surface area contributed by atoms with Crippen LogP contribution < -0.4 is 5.06 Å². The number of benzene rings is 1. The Balaban J connectivity index is 3.78. The summed E-state index contributed by atoms with van der Waals surface area (Å²) < 4.78 is 23.6. The lowest BCUT2D eigenvalue weighted by atomic mass is 10.1. The van der Waals surface area contributed by atoms with Gasteiger partial charge in [-0.25, -0.2) is 13.2 Å². The maximum Gasteiger partial charge on any atom is 0.336 e. The molecular weight excluding hydrogens is 286 g/mol. The van der Waals surface area contributed by atoms with E-state index in [1.807, 2.05) is 0 Å². The molecule has 1 aromatic rings. The van der Waals surface area contributed by atoms with Gasteiger partial charge in [-0.1, -0.05) is 0 Å². The van der Waals surface area contributed by atoms with Crippen LogP contribution in [0.1, 0.15) is 22.8 Å². The molecule has 0 saturated carbocycles. The number of amides is 1. The van der Waals surface area contributed by atoms with Crippen molar-refractivity contribution < 1.29 is 28.0 Å². The van der Waals surface area contributed by atoms with Crippen LogP contribution in [0.4, 0.5) is 5.69 Å². The molecule has 8 heteroatoms. The van der Waals surface area contributed by atoms with E-state index in [1.165, 1.54) is 27.0 Å². The molecule has 0 spiro atoms. The summed E-state index contributed by atoms with van der Waals surface area (Å²) in [5, 5.41) is 9.85. The molecule has 110 valence electrons. The van der Waals surface area contributed by atoms with Crippen molar-refractivity contribution in [2.75, 3.05) is 18.4 Å². The molecule has 0 heterocycles. The van der Waals surface area contributed by atoms with E-state index >= 15 is 0 Å². The number of rotatable bonds is 4. The number of aromatic carboxylic acids is 1. The molecule has 20 heavy (non-hydrogen) atoms. The van der Waals surface area contributed by atoms with Crippen LogP contribution in [-0.4, -0.2) is 38.8 Å². The molecule has 7 nitrogen and oxygen atoms in total. The van der Waals surface area contributed by atoms with Gasteiger partial charge in [0.2, 0.25) is 5.91 Å². The first kappa shape index (κ1) is 16.1. The van der Waals surface area contributed by atoms with Crippen molar-refractivity contribution in [2.45, 2.75) is 18.7 Å². The van der Waals surface area contributed by atoms with E-state index < -0.39 is 21.7 Å². The Morgan fingerprint density at radius 1 is 1.30 bits per heavy atom. The minimum absolute atomic E-state index is 0.0811. The maximum atomic E-state index is 11.8. The number of anilines is 1. The Morgan fingerprint density at radius 3 is 2.20 bits per heavy atom. The van der Waals surface area contributed by atoms with Gasteiger partial charge in [-0.2, -0.15) is 5.06 Å². The standard InChI is InChI=1S/C12H15NO6S/c1-7-9(12(15)16)5-6-10(20(4,17)18)11(7)13(19-3)8(2)14/h5-6H,1-4H3,(H,15,16). The Bertz CT molecular complexity index is 665. The minimum Gasteiger partial charge on any atom is -0.478 e. The molecule has 0 bridgehead atoms.